The maximum atomic E-state index is 13.1. The van der Waals surface area contributed by atoms with Gasteiger partial charge in [-0.05, 0) is 61.7 Å². The Balaban J connectivity index is 1.85. The summed E-state index contributed by atoms with van der Waals surface area (Å²) >= 11 is 6.22. The lowest BCUT2D eigenvalue weighted by Crippen LogP contribution is -2.56. The number of anilines is 1. The van der Waals surface area contributed by atoms with Gasteiger partial charge < -0.3 is 9.33 Å². The molecular formula is C19H28ClNO2Si. The van der Waals surface area contributed by atoms with Crippen molar-refractivity contribution in [2.45, 2.75) is 70.2 Å². The molecule has 0 radical (unpaired) electrons. The van der Waals surface area contributed by atoms with Crippen LogP contribution in [0.2, 0.25) is 23.2 Å². The number of hydrogen-bond donors (Lipinski definition) is 0. The number of rotatable bonds is 3. The predicted molar refractivity (Wildman–Crippen MR) is 102 cm³/mol. The van der Waals surface area contributed by atoms with Gasteiger partial charge in [0.05, 0.1) is 5.41 Å². The zero-order valence-corrected chi connectivity index (χ0v) is 17.3. The Labute approximate surface area is 151 Å². The molecule has 1 fully saturated rings. The number of likely N-dealkylation sites (N-methyl/N-ethyl adjacent to an activating group) is 1. The number of benzene rings is 1. The Hall–Kier alpha value is -0.843. The molecule has 1 spiro atoms. The lowest BCUT2D eigenvalue weighted by atomic mass is 9.63. The van der Waals surface area contributed by atoms with Gasteiger partial charge in [-0.15, -0.1) is 0 Å². The highest BCUT2D eigenvalue weighted by atomic mass is 35.5. The summed E-state index contributed by atoms with van der Waals surface area (Å²) in [7, 11) is -1.81. The van der Waals surface area contributed by atoms with Gasteiger partial charge in [-0.1, -0.05) is 32.4 Å². The lowest BCUT2D eigenvalue weighted by Gasteiger charge is -2.49. The number of halogens is 1. The van der Waals surface area contributed by atoms with Crippen LogP contribution in [0.15, 0.2) is 18.2 Å². The average Bonchev–Trinajstić information content (AvgIpc) is 2.66. The van der Waals surface area contributed by atoms with Gasteiger partial charge in [0.15, 0.2) is 8.32 Å². The highest BCUT2D eigenvalue weighted by Gasteiger charge is 2.59. The maximum Gasteiger partial charge on any atom is 0.237 e. The minimum Gasteiger partial charge on any atom is -0.414 e. The Morgan fingerprint density at radius 2 is 1.96 bits per heavy atom. The van der Waals surface area contributed by atoms with Crippen molar-refractivity contribution in [1.29, 1.82) is 0 Å². The molecule has 1 heterocycles. The molecule has 0 saturated heterocycles. The number of hydrogen-bond acceptors (Lipinski definition) is 2. The minimum absolute atomic E-state index is 0.179. The van der Waals surface area contributed by atoms with Gasteiger partial charge in [0.1, 0.15) is 0 Å². The van der Waals surface area contributed by atoms with Crippen molar-refractivity contribution in [2.75, 3.05) is 11.4 Å². The summed E-state index contributed by atoms with van der Waals surface area (Å²) in [5, 5.41) is 0.888. The Morgan fingerprint density at radius 1 is 1.33 bits per heavy atom. The molecule has 3 nitrogen and oxygen atoms in total. The van der Waals surface area contributed by atoms with Crippen LogP contribution in [0.1, 0.15) is 46.1 Å². The Kier molecular flexibility index (Phi) is 4.18. The largest absolute Gasteiger partial charge is 0.414 e. The smallest absolute Gasteiger partial charge is 0.237 e. The van der Waals surface area contributed by atoms with Crippen LogP contribution in [0.3, 0.4) is 0 Å². The van der Waals surface area contributed by atoms with Gasteiger partial charge in [0.25, 0.3) is 0 Å². The van der Waals surface area contributed by atoms with Crippen molar-refractivity contribution in [1.82, 2.24) is 0 Å². The van der Waals surface area contributed by atoms with Crippen LogP contribution >= 0.6 is 11.6 Å². The van der Waals surface area contributed by atoms with E-state index in [2.05, 4.69) is 33.9 Å². The van der Waals surface area contributed by atoms with Crippen LogP contribution in [-0.4, -0.2) is 26.9 Å². The summed E-state index contributed by atoms with van der Waals surface area (Å²) in [5.41, 5.74) is 1.71. The predicted octanol–water partition coefficient (Wildman–Crippen LogP) is 5.13. The Bertz CT molecular complexity index is 674. The third-order valence-electron chi connectivity index (χ3n) is 6.16. The summed E-state index contributed by atoms with van der Waals surface area (Å²) in [5.74, 6) is 0.220. The van der Waals surface area contributed by atoms with Gasteiger partial charge in [0, 0.05) is 23.4 Å². The van der Waals surface area contributed by atoms with Gasteiger partial charge in [-0.3, -0.25) is 4.79 Å². The monoisotopic (exact) mass is 365 g/mol. The number of carbonyl (C=O) groups excluding carboxylic acids is 1. The molecule has 1 aliphatic carbocycles. The van der Waals surface area contributed by atoms with E-state index in [0.29, 0.717) is 11.6 Å². The molecule has 132 valence electrons. The molecule has 2 aliphatic rings. The third kappa shape index (κ3) is 2.54. The van der Waals surface area contributed by atoms with Crippen molar-refractivity contribution >= 4 is 31.5 Å². The first-order valence-electron chi connectivity index (χ1n) is 8.82. The topological polar surface area (TPSA) is 29.5 Å². The van der Waals surface area contributed by atoms with Crippen LogP contribution in [0, 0.1) is 0 Å². The first kappa shape index (κ1) is 18.0. The highest BCUT2D eigenvalue weighted by molar-refractivity contribution is 6.74. The molecule has 0 bridgehead atoms. The number of amides is 1. The molecule has 0 aromatic heterocycles. The van der Waals surface area contributed by atoms with Crippen molar-refractivity contribution < 1.29 is 9.22 Å². The van der Waals surface area contributed by atoms with Crippen LogP contribution in [-0.2, 0) is 14.6 Å². The fourth-order valence-corrected chi connectivity index (χ4v) is 5.24. The van der Waals surface area contributed by atoms with Crippen LogP contribution in [0.25, 0.3) is 0 Å². The normalized spacial score (nSPS) is 26.7. The van der Waals surface area contributed by atoms with E-state index >= 15 is 0 Å². The van der Waals surface area contributed by atoms with Gasteiger partial charge in [-0.25, -0.2) is 0 Å². The van der Waals surface area contributed by atoms with Crippen LogP contribution in [0.4, 0.5) is 5.69 Å². The summed E-state index contributed by atoms with van der Waals surface area (Å²) < 4.78 is 6.52. The number of nitrogens with zero attached hydrogens (tertiary/aromatic N) is 1. The molecule has 5 heteroatoms. The molecule has 1 amide bonds. The Morgan fingerprint density at radius 3 is 2.50 bits per heavy atom. The van der Waals surface area contributed by atoms with Crippen molar-refractivity contribution in [3.63, 3.8) is 0 Å². The zero-order chi connectivity index (χ0) is 17.9. The fourth-order valence-electron chi connectivity index (χ4n) is 3.71. The molecular weight excluding hydrogens is 338 g/mol. The molecule has 1 aliphatic heterocycles. The van der Waals surface area contributed by atoms with Gasteiger partial charge >= 0.3 is 0 Å². The van der Waals surface area contributed by atoms with E-state index in [1.54, 1.807) is 0 Å². The van der Waals surface area contributed by atoms with Crippen molar-refractivity contribution in [3.05, 3.63) is 28.8 Å². The van der Waals surface area contributed by atoms with Gasteiger partial charge in [0.2, 0.25) is 5.91 Å². The molecule has 1 aromatic carbocycles. The minimum atomic E-state index is -1.81. The fraction of sp³-hybridized carbons (Fsp3) is 0.632. The standard InChI is InChI=1S/C19H28ClNO2Si/c1-7-21-16-9-8-13(20)10-15(16)19(17(21)22)11-14(12-19)23-24(5,6)18(2,3)4/h8-10,14H,7,11-12H2,1-6H3. The van der Waals surface area contributed by atoms with E-state index in [1.807, 2.05) is 30.0 Å². The summed E-state index contributed by atoms with van der Waals surface area (Å²) in [6.45, 7) is 14.0. The van der Waals surface area contributed by atoms with Gasteiger partial charge in [-0.2, -0.15) is 0 Å². The SMILES string of the molecule is CCN1C(=O)C2(CC(O[Si](C)(C)C(C)(C)C)C2)c2cc(Cl)ccc21. The quantitative estimate of drug-likeness (QED) is 0.695. The van der Waals surface area contributed by atoms with E-state index in [-0.39, 0.29) is 17.0 Å². The van der Waals surface area contributed by atoms with E-state index < -0.39 is 13.7 Å². The van der Waals surface area contributed by atoms with Crippen molar-refractivity contribution in [3.8, 4) is 0 Å². The lowest BCUT2D eigenvalue weighted by molar-refractivity contribution is -0.130. The molecule has 1 aromatic rings. The highest BCUT2D eigenvalue weighted by Crippen LogP contribution is 2.56. The van der Waals surface area contributed by atoms with Crippen LogP contribution in [0.5, 0.6) is 0 Å². The third-order valence-corrected chi connectivity index (χ3v) is 10.9. The summed E-state index contributed by atoms with van der Waals surface area (Å²) in [4.78, 5) is 15.0. The second kappa shape index (κ2) is 5.58. The van der Waals surface area contributed by atoms with Crippen LogP contribution < -0.4 is 4.90 Å². The summed E-state index contributed by atoms with van der Waals surface area (Å²) in [6, 6.07) is 5.83. The zero-order valence-electron chi connectivity index (χ0n) is 15.6. The first-order chi connectivity index (χ1) is 11.0. The molecule has 24 heavy (non-hydrogen) atoms. The van der Waals surface area contributed by atoms with E-state index in [9.17, 15) is 4.79 Å². The molecule has 0 N–H and O–H groups in total. The number of carbonyl (C=O) groups is 1. The van der Waals surface area contributed by atoms with E-state index in [0.717, 1.165) is 24.1 Å². The number of fused-ring (bicyclic) bond motifs is 2. The van der Waals surface area contributed by atoms with Crippen molar-refractivity contribution in [2.24, 2.45) is 0 Å². The molecule has 3 rings (SSSR count). The second-order valence-corrected chi connectivity index (χ2v) is 13.9. The second-order valence-electron chi connectivity index (χ2n) is 8.70. The van der Waals surface area contributed by atoms with E-state index in [1.165, 1.54) is 0 Å². The molecule has 1 saturated carbocycles. The average molecular weight is 366 g/mol. The first-order valence-corrected chi connectivity index (χ1v) is 12.1. The molecule has 0 unspecified atom stereocenters. The maximum absolute atomic E-state index is 13.1. The van der Waals surface area contributed by atoms with E-state index in [4.69, 9.17) is 16.0 Å². The summed E-state index contributed by atoms with van der Waals surface area (Å²) in [6.07, 6.45) is 1.74. The molecule has 0 atom stereocenters.